The van der Waals surface area contributed by atoms with E-state index in [-0.39, 0.29) is 0 Å². The Bertz CT molecular complexity index is 554. The van der Waals surface area contributed by atoms with Crippen molar-refractivity contribution in [1.82, 2.24) is 4.98 Å². The Kier molecular flexibility index (Phi) is 5.84. The second-order valence-corrected chi connectivity index (χ2v) is 6.12. The van der Waals surface area contributed by atoms with E-state index in [1.54, 1.807) is 0 Å². The number of pyridine rings is 1. The van der Waals surface area contributed by atoms with Crippen molar-refractivity contribution < 1.29 is 0 Å². The van der Waals surface area contributed by atoms with Crippen LogP contribution < -0.4 is 5.32 Å². The Labute approximate surface area is 130 Å². The van der Waals surface area contributed by atoms with Gasteiger partial charge in [-0.05, 0) is 25.0 Å². The summed E-state index contributed by atoms with van der Waals surface area (Å²) in [6.07, 6.45) is 8.03. The molecule has 0 fully saturated rings. The lowest BCUT2D eigenvalue weighted by Gasteiger charge is -2.19. The largest absolute Gasteiger partial charge is 0.367 e. The number of hydrogen-bond acceptors (Lipinski definition) is 2. The number of unbranched alkanes of at least 4 members (excludes halogenated alkanes) is 1. The minimum atomic E-state index is 0.525. The standard InChI is InChI=1S/C17H23BrN2/c1-3-5-8-13(7-4-2)20-17-15-9-6-10-16(18)14(15)11-12-19-17/h6,9-13H,3-5,7-8H2,1-2H3,(H,19,20). The van der Waals surface area contributed by atoms with Crippen LogP contribution in [0.1, 0.15) is 46.0 Å². The third-order valence-electron chi connectivity index (χ3n) is 3.64. The van der Waals surface area contributed by atoms with E-state index in [0.29, 0.717) is 6.04 Å². The van der Waals surface area contributed by atoms with E-state index in [2.05, 4.69) is 64.3 Å². The van der Waals surface area contributed by atoms with Crippen LogP contribution >= 0.6 is 15.9 Å². The van der Waals surface area contributed by atoms with Crippen LogP contribution in [0, 0.1) is 0 Å². The highest BCUT2D eigenvalue weighted by molar-refractivity contribution is 9.10. The molecule has 0 aliphatic heterocycles. The first kappa shape index (κ1) is 15.3. The molecule has 108 valence electrons. The average molecular weight is 335 g/mol. The van der Waals surface area contributed by atoms with E-state index in [1.165, 1.54) is 42.9 Å². The maximum absolute atomic E-state index is 4.55. The number of hydrogen-bond donors (Lipinski definition) is 1. The smallest absolute Gasteiger partial charge is 0.134 e. The van der Waals surface area contributed by atoms with Crippen molar-refractivity contribution in [2.24, 2.45) is 0 Å². The average Bonchev–Trinajstić information content (AvgIpc) is 2.46. The van der Waals surface area contributed by atoms with Gasteiger partial charge >= 0.3 is 0 Å². The third kappa shape index (κ3) is 3.72. The first-order chi connectivity index (χ1) is 9.76. The molecule has 1 aromatic carbocycles. The molecule has 1 heterocycles. The summed E-state index contributed by atoms with van der Waals surface area (Å²) in [6.45, 7) is 4.49. The second-order valence-electron chi connectivity index (χ2n) is 5.27. The first-order valence-corrected chi connectivity index (χ1v) is 8.35. The maximum Gasteiger partial charge on any atom is 0.134 e. The summed E-state index contributed by atoms with van der Waals surface area (Å²) >= 11 is 3.61. The number of aromatic nitrogens is 1. The van der Waals surface area contributed by atoms with E-state index in [1.807, 2.05) is 6.20 Å². The summed E-state index contributed by atoms with van der Waals surface area (Å²) in [7, 11) is 0. The molecule has 1 atom stereocenters. The Morgan fingerprint density at radius 2 is 1.95 bits per heavy atom. The van der Waals surface area contributed by atoms with Crippen LogP contribution in [0.2, 0.25) is 0 Å². The highest BCUT2D eigenvalue weighted by atomic mass is 79.9. The van der Waals surface area contributed by atoms with Gasteiger partial charge in [-0.25, -0.2) is 4.98 Å². The van der Waals surface area contributed by atoms with Gasteiger partial charge in [-0.1, -0.05) is 61.2 Å². The van der Waals surface area contributed by atoms with Gasteiger partial charge in [0.15, 0.2) is 0 Å². The fourth-order valence-electron chi connectivity index (χ4n) is 2.56. The summed E-state index contributed by atoms with van der Waals surface area (Å²) in [6, 6.07) is 8.87. The van der Waals surface area contributed by atoms with E-state index >= 15 is 0 Å². The molecule has 2 nitrogen and oxygen atoms in total. The Hall–Kier alpha value is -1.09. The molecule has 0 saturated carbocycles. The number of benzene rings is 1. The molecule has 0 amide bonds. The lowest BCUT2D eigenvalue weighted by molar-refractivity contribution is 0.563. The quantitative estimate of drug-likeness (QED) is 0.695. The summed E-state index contributed by atoms with van der Waals surface area (Å²) in [4.78, 5) is 4.55. The van der Waals surface area contributed by atoms with Crippen LogP contribution in [0.3, 0.4) is 0 Å². The molecule has 0 aliphatic carbocycles. The normalized spacial score (nSPS) is 12.6. The minimum absolute atomic E-state index is 0.525. The van der Waals surface area contributed by atoms with E-state index in [9.17, 15) is 0 Å². The molecular formula is C17H23BrN2. The third-order valence-corrected chi connectivity index (χ3v) is 4.33. The van der Waals surface area contributed by atoms with E-state index in [0.717, 1.165) is 10.3 Å². The van der Waals surface area contributed by atoms with Gasteiger partial charge in [0.1, 0.15) is 5.82 Å². The molecule has 20 heavy (non-hydrogen) atoms. The number of anilines is 1. The highest BCUT2D eigenvalue weighted by Crippen LogP contribution is 2.28. The van der Waals surface area contributed by atoms with Gasteiger partial charge in [0.2, 0.25) is 0 Å². The van der Waals surface area contributed by atoms with Crippen LogP contribution in [0.15, 0.2) is 34.9 Å². The van der Waals surface area contributed by atoms with Crippen molar-refractivity contribution in [3.63, 3.8) is 0 Å². The molecular weight excluding hydrogens is 312 g/mol. The molecule has 0 bridgehead atoms. The van der Waals surface area contributed by atoms with Crippen LogP contribution in [0.25, 0.3) is 10.8 Å². The van der Waals surface area contributed by atoms with Crippen LogP contribution in [-0.2, 0) is 0 Å². The van der Waals surface area contributed by atoms with Crippen LogP contribution in [0.5, 0.6) is 0 Å². The molecule has 0 radical (unpaired) electrons. The zero-order valence-corrected chi connectivity index (χ0v) is 13.9. The molecule has 2 aromatic rings. The molecule has 1 unspecified atom stereocenters. The number of rotatable bonds is 7. The summed E-state index contributed by atoms with van der Waals surface area (Å²) in [5, 5.41) is 6.07. The van der Waals surface area contributed by atoms with Crippen molar-refractivity contribution in [2.75, 3.05) is 5.32 Å². The van der Waals surface area contributed by atoms with Gasteiger partial charge in [-0.2, -0.15) is 0 Å². The fraction of sp³-hybridized carbons (Fsp3) is 0.471. The van der Waals surface area contributed by atoms with Crippen molar-refractivity contribution >= 4 is 32.5 Å². The predicted octanol–water partition coefficient (Wildman–Crippen LogP) is 5.77. The minimum Gasteiger partial charge on any atom is -0.367 e. The SMILES string of the molecule is CCCCC(CCC)Nc1nccc2c(Br)cccc12. The molecule has 0 aliphatic rings. The lowest BCUT2D eigenvalue weighted by atomic mass is 10.0. The number of fused-ring (bicyclic) bond motifs is 1. The Morgan fingerprint density at radius 3 is 2.70 bits per heavy atom. The number of nitrogens with zero attached hydrogens (tertiary/aromatic N) is 1. The molecule has 0 spiro atoms. The van der Waals surface area contributed by atoms with Gasteiger partial charge in [0.25, 0.3) is 0 Å². The molecule has 1 N–H and O–H groups in total. The topological polar surface area (TPSA) is 24.9 Å². The van der Waals surface area contributed by atoms with Crippen molar-refractivity contribution in [3.05, 3.63) is 34.9 Å². The highest BCUT2D eigenvalue weighted by Gasteiger charge is 2.10. The number of nitrogens with one attached hydrogen (secondary N) is 1. The van der Waals surface area contributed by atoms with Crippen molar-refractivity contribution in [1.29, 1.82) is 0 Å². The summed E-state index contributed by atoms with van der Waals surface area (Å²) in [5.41, 5.74) is 0. The molecule has 2 rings (SSSR count). The Morgan fingerprint density at radius 1 is 1.10 bits per heavy atom. The zero-order chi connectivity index (χ0) is 14.4. The van der Waals surface area contributed by atoms with Crippen molar-refractivity contribution in [2.45, 2.75) is 52.0 Å². The summed E-state index contributed by atoms with van der Waals surface area (Å²) in [5.74, 6) is 1.01. The second kappa shape index (κ2) is 7.63. The first-order valence-electron chi connectivity index (χ1n) is 7.56. The number of halogens is 1. The van der Waals surface area contributed by atoms with Gasteiger partial charge in [-0.15, -0.1) is 0 Å². The van der Waals surface area contributed by atoms with Gasteiger partial charge in [-0.3, -0.25) is 0 Å². The molecule has 0 saturated heterocycles. The van der Waals surface area contributed by atoms with E-state index < -0.39 is 0 Å². The zero-order valence-electron chi connectivity index (χ0n) is 12.3. The molecule has 1 aromatic heterocycles. The van der Waals surface area contributed by atoms with Crippen LogP contribution in [0.4, 0.5) is 5.82 Å². The van der Waals surface area contributed by atoms with Crippen LogP contribution in [-0.4, -0.2) is 11.0 Å². The van der Waals surface area contributed by atoms with Gasteiger partial charge in [0.05, 0.1) is 0 Å². The Balaban J connectivity index is 2.25. The monoisotopic (exact) mass is 334 g/mol. The predicted molar refractivity (Wildman–Crippen MR) is 91.3 cm³/mol. The van der Waals surface area contributed by atoms with Gasteiger partial charge < -0.3 is 5.32 Å². The van der Waals surface area contributed by atoms with Gasteiger partial charge in [0, 0.05) is 27.5 Å². The van der Waals surface area contributed by atoms with E-state index in [4.69, 9.17) is 0 Å². The summed E-state index contributed by atoms with van der Waals surface area (Å²) < 4.78 is 1.13. The van der Waals surface area contributed by atoms with Crippen molar-refractivity contribution in [3.8, 4) is 0 Å². The molecule has 3 heteroatoms. The lowest BCUT2D eigenvalue weighted by Crippen LogP contribution is -2.20. The fourth-order valence-corrected chi connectivity index (χ4v) is 3.06. The maximum atomic E-state index is 4.55.